The minimum atomic E-state index is 1.04. The molecule has 0 spiro atoms. The molecule has 0 unspecified atom stereocenters. The molecule has 0 aromatic heterocycles. The summed E-state index contributed by atoms with van der Waals surface area (Å²) in [5, 5.41) is 0. The van der Waals surface area contributed by atoms with Crippen LogP contribution in [0.15, 0.2) is 30.3 Å². The van der Waals surface area contributed by atoms with Crippen molar-refractivity contribution in [3.8, 4) is 0 Å². The van der Waals surface area contributed by atoms with Gasteiger partial charge in [-0.1, -0.05) is 37.3 Å². The Kier molecular flexibility index (Phi) is 3.86. The van der Waals surface area contributed by atoms with Gasteiger partial charge in [-0.05, 0) is 5.56 Å². The molecule has 0 aliphatic rings. The molecule has 60 valence electrons. The second kappa shape index (κ2) is 4.72. The van der Waals surface area contributed by atoms with Gasteiger partial charge in [-0.2, -0.15) is 0 Å². The highest BCUT2D eigenvalue weighted by atomic mass is 127. The van der Waals surface area contributed by atoms with Crippen molar-refractivity contribution in [2.75, 3.05) is 6.54 Å². The van der Waals surface area contributed by atoms with Crippen LogP contribution in [0.3, 0.4) is 0 Å². The highest BCUT2D eigenvalue weighted by Gasteiger charge is 1.96. The van der Waals surface area contributed by atoms with Crippen LogP contribution in [0, 0.1) is 0 Å². The van der Waals surface area contributed by atoms with Gasteiger partial charge in [0.2, 0.25) is 0 Å². The molecule has 1 aromatic rings. The van der Waals surface area contributed by atoms with E-state index >= 15 is 0 Å². The molecule has 0 aliphatic carbocycles. The van der Waals surface area contributed by atoms with Crippen LogP contribution in [0.2, 0.25) is 0 Å². The number of nitrogens with zero attached hydrogens (tertiary/aromatic N) is 1. The normalized spacial score (nSPS) is 10.5. The first-order valence-corrected chi connectivity index (χ1v) is 4.74. The molecule has 0 N–H and O–H groups in total. The number of halogens is 1. The van der Waals surface area contributed by atoms with E-state index in [0.717, 1.165) is 13.1 Å². The lowest BCUT2D eigenvalue weighted by Gasteiger charge is -2.10. The fourth-order valence-electron chi connectivity index (χ4n) is 0.893. The Bertz CT molecular complexity index is 198. The van der Waals surface area contributed by atoms with Gasteiger partial charge in [-0.25, -0.2) is 3.11 Å². The van der Waals surface area contributed by atoms with E-state index < -0.39 is 0 Å². The Morgan fingerprint density at radius 3 is 2.45 bits per heavy atom. The molecule has 1 rings (SSSR count). The standard InChI is InChI=1S/C9H12IN/c1-2-11(10)8-9-6-4-3-5-7-9/h3-7H,2,8H2,1H3. The third-order valence-corrected chi connectivity index (χ3v) is 2.56. The van der Waals surface area contributed by atoms with Gasteiger partial charge in [-0.15, -0.1) is 0 Å². The van der Waals surface area contributed by atoms with Gasteiger partial charge in [0, 0.05) is 36.0 Å². The van der Waals surface area contributed by atoms with Crippen LogP contribution < -0.4 is 0 Å². The van der Waals surface area contributed by atoms with Crippen molar-refractivity contribution in [3.05, 3.63) is 35.9 Å². The van der Waals surface area contributed by atoms with Gasteiger partial charge in [0.15, 0.2) is 0 Å². The van der Waals surface area contributed by atoms with Gasteiger partial charge in [-0.3, -0.25) is 0 Å². The van der Waals surface area contributed by atoms with E-state index in [0.29, 0.717) is 0 Å². The number of hydrogen-bond donors (Lipinski definition) is 0. The zero-order valence-corrected chi connectivity index (χ0v) is 8.78. The lowest BCUT2D eigenvalue weighted by atomic mass is 10.2. The van der Waals surface area contributed by atoms with Crippen LogP contribution in [-0.2, 0) is 6.54 Å². The maximum absolute atomic E-state index is 2.34. The summed E-state index contributed by atoms with van der Waals surface area (Å²) in [7, 11) is 0. The van der Waals surface area contributed by atoms with E-state index in [1.807, 2.05) is 6.07 Å². The predicted octanol–water partition coefficient (Wildman–Crippen LogP) is 2.86. The molecule has 0 fully saturated rings. The van der Waals surface area contributed by atoms with Crippen molar-refractivity contribution in [1.82, 2.24) is 3.11 Å². The smallest absolute Gasteiger partial charge is 0.0332 e. The molecule has 0 atom stereocenters. The largest absolute Gasteiger partial charge is 0.243 e. The minimum absolute atomic E-state index is 1.04. The highest BCUT2D eigenvalue weighted by molar-refractivity contribution is 14.1. The summed E-state index contributed by atoms with van der Waals surface area (Å²) in [6.45, 7) is 4.29. The molecule has 0 aliphatic heterocycles. The number of rotatable bonds is 3. The SMILES string of the molecule is CCN(I)Cc1ccccc1. The Morgan fingerprint density at radius 1 is 1.27 bits per heavy atom. The Hall–Kier alpha value is -0.0900. The van der Waals surface area contributed by atoms with Crippen molar-refractivity contribution < 1.29 is 0 Å². The zero-order chi connectivity index (χ0) is 8.10. The third kappa shape index (κ3) is 3.20. The molecule has 0 amide bonds. The molecule has 1 aromatic carbocycles. The maximum atomic E-state index is 2.34. The van der Waals surface area contributed by atoms with Crippen molar-refractivity contribution >= 4 is 22.9 Å². The second-order valence-corrected chi connectivity index (χ2v) is 3.79. The first kappa shape index (κ1) is 9.00. The van der Waals surface area contributed by atoms with Gasteiger partial charge in [0.05, 0.1) is 0 Å². The number of benzene rings is 1. The molecule has 0 saturated carbocycles. The molecule has 0 bridgehead atoms. The molecule has 1 nitrogen and oxygen atoms in total. The van der Waals surface area contributed by atoms with Crippen molar-refractivity contribution in [2.24, 2.45) is 0 Å². The molecular weight excluding hydrogens is 249 g/mol. The van der Waals surface area contributed by atoms with E-state index in [2.05, 4.69) is 57.2 Å². The molecule has 0 saturated heterocycles. The van der Waals surface area contributed by atoms with Gasteiger partial charge in [0.1, 0.15) is 0 Å². The monoisotopic (exact) mass is 261 g/mol. The van der Waals surface area contributed by atoms with Crippen LogP contribution in [0.5, 0.6) is 0 Å². The summed E-state index contributed by atoms with van der Waals surface area (Å²) in [5.74, 6) is 0. The minimum Gasteiger partial charge on any atom is -0.243 e. The van der Waals surface area contributed by atoms with Crippen molar-refractivity contribution in [2.45, 2.75) is 13.5 Å². The first-order valence-electron chi connectivity index (χ1n) is 3.77. The zero-order valence-electron chi connectivity index (χ0n) is 6.63. The molecular formula is C9H12IN. The number of hydrogen-bond acceptors (Lipinski definition) is 1. The summed E-state index contributed by atoms with van der Waals surface area (Å²) in [6.07, 6.45) is 0. The van der Waals surface area contributed by atoms with E-state index in [1.54, 1.807) is 0 Å². The molecule has 11 heavy (non-hydrogen) atoms. The summed E-state index contributed by atoms with van der Waals surface area (Å²) in [4.78, 5) is 0. The van der Waals surface area contributed by atoms with E-state index in [1.165, 1.54) is 5.56 Å². The molecule has 2 heteroatoms. The molecule has 0 radical (unpaired) electrons. The van der Waals surface area contributed by atoms with Gasteiger partial charge in [0.25, 0.3) is 0 Å². The van der Waals surface area contributed by atoms with E-state index in [9.17, 15) is 0 Å². The van der Waals surface area contributed by atoms with Crippen LogP contribution in [-0.4, -0.2) is 9.66 Å². The van der Waals surface area contributed by atoms with Crippen LogP contribution in [0.1, 0.15) is 12.5 Å². The topological polar surface area (TPSA) is 3.24 Å². The predicted molar refractivity (Wildman–Crippen MR) is 56.5 cm³/mol. The van der Waals surface area contributed by atoms with E-state index in [-0.39, 0.29) is 0 Å². The lowest BCUT2D eigenvalue weighted by molar-refractivity contribution is 0.534. The second-order valence-electron chi connectivity index (χ2n) is 2.42. The average molecular weight is 261 g/mol. The average Bonchev–Trinajstić information content (AvgIpc) is 2.06. The Balaban J connectivity index is 2.51. The van der Waals surface area contributed by atoms with Gasteiger partial charge < -0.3 is 0 Å². The van der Waals surface area contributed by atoms with Crippen LogP contribution in [0.25, 0.3) is 0 Å². The molecule has 0 heterocycles. The van der Waals surface area contributed by atoms with Crippen LogP contribution in [0.4, 0.5) is 0 Å². The van der Waals surface area contributed by atoms with Crippen molar-refractivity contribution in [3.63, 3.8) is 0 Å². The Labute approximate surface area is 81.9 Å². The first-order chi connectivity index (χ1) is 5.33. The van der Waals surface area contributed by atoms with Crippen LogP contribution >= 0.6 is 22.9 Å². The van der Waals surface area contributed by atoms with E-state index in [4.69, 9.17) is 0 Å². The van der Waals surface area contributed by atoms with Gasteiger partial charge >= 0.3 is 0 Å². The summed E-state index contributed by atoms with van der Waals surface area (Å²) in [5.41, 5.74) is 1.38. The highest BCUT2D eigenvalue weighted by Crippen LogP contribution is 2.07. The summed E-state index contributed by atoms with van der Waals surface area (Å²) >= 11 is 2.34. The maximum Gasteiger partial charge on any atom is 0.0332 e. The third-order valence-electron chi connectivity index (χ3n) is 1.54. The fraction of sp³-hybridized carbons (Fsp3) is 0.333. The Morgan fingerprint density at radius 2 is 1.91 bits per heavy atom. The summed E-state index contributed by atoms with van der Waals surface area (Å²) < 4.78 is 2.26. The fourth-order valence-corrected chi connectivity index (χ4v) is 1.29. The lowest BCUT2D eigenvalue weighted by Crippen LogP contribution is -2.08. The van der Waals surface area contributed by atoms with Crippen molar-refractivity contribution in [1.29, 1.82) is 0 Å². The summed E-state index contributed by atoms with van der Waals surface area (Å²) in [6, 6.07) is 10.5. The quantitative estimate of drug-likeness (QED) is 0.597.